The van der Waals surface area contributed by atoms with E-state index in [4.69, 9.17) is 6.42 Å². The molecule has 1 aromatic heterocycles. The molecule has 0 radical (unpaired) electrons. The van der Waals surface area contributed by atoms with Gasteiger partial charge in [0.2, 0.25) is 5.91 Å². The fourth-order valence-electron chi connectivity index (χ4n) is 1.56. The van der Waals surface area contributed by atoms with Gasteiger partial charge in [-0.2, -0.15) is 0 Å². The lowest BCUT2D eigenvalue weighted by Crippen LogP contribution is -2.35. The van der Waals surface area contributed by atoms with Crippen LogP contribution in [0.25, 0.3) is 0 Å². The maximum atomic E-state index is 11.6. The van der Waals surface area contributed by atoms with Crippen molar-refractivity contribution < 1.29 is 4.79 Å². The average molecular weight is 251 g/mol. The van der Waals surface area contributed by atoms with Gasteiger partial charge in [0, 0.05) is 4.88 Å². The summed E-state index contributed by atoms with van der Waals surface area (Å²) >= 11 is 1.61. The normalized spacial score (nSPS) is 11.9. The van der Waals surface area contributed by atoms with Crippen molar-refractivity contribution in [1.82, 2.24) is 15.6 Å². The van der Waals surface area contributed by atoms with Gasteiger partial charge in [0.1, 0.15) is 0 Å². The first kappa shape index (κ1) is 13.7. The Labute approximate surface area is 106 Å². The third-order valence-electron chi connectivity index (χ3n) is 2.22. The molecule has 0 spiro atoms. The SMILES string of the molecule is C#CCNCC(=O)NC(C)c1sc(C)nc1C. The lowest BCUT2D eigenvalue weighted by Gasteiger charge is -2.12. The average Bonchev–Trinajstić information content (AvgIpc) is 2.58. The summed E-state index contributed by atoms with van der Waals surface area (Å²) in [6.45, 7) is 6.52. The number of hydrogen-bond donors (Lipinski definition) is 2. The second kappa shape index (κ2) is 6.38. The van der Waals surface area contributed by atoms with Crippen molar-refractivity contribution in [3.05, 3.63) is 15.6 Å². The Balaban J connectivity index is 2.49. The summed E-state index contributed by atoms with van der Waals surface area (Å²) in [6.07, 6.45) is 5.08. The minimum absolute atomic E-state index is 0.0127. The summed E-state index contributed by atoms with van der Waals surface area (Å²) in [6, 6.07) is -0.0127. The number of aryl methyl sites for hydroxylation is 2. The molecule has 1 atom stereocenters. The topological polar surface area (TPSA) is 54.0 Å². The quantitative estimate of drug-likeness (QED) is 0.610. The minimum atomic E-state index is -0.0572. The van der Waals surface area contributed by atoms with Crippen LogP contribution in [0.5, 0.6) is 0 Å². The van der Waals surface area contributed by atoms with Crippen molar-refractivity contribution in [3.8, 4) is 12.3 Å². The zero-order valence-electron chi connectivity index (χ0n) is 10.3. The van der Waals surface area contributed by atoms with Crippen LogP contribution in [-0.2, 0) is 4.79 Å². The monoisotopic (exact) mass is 251 g/mol. The van der Waals surface area contributed by atoms with E-state index in [2.05, 4.69) is 21.5 Å². The molecule has 1 heterocycles. The predicted molar refractivity (Wildman–Crippen MR) is 69.8 cm³/mol. The molecule has 1 rings (SSSR count). The predicted octanol–water partition coefficient (Wildman–Crippen LogP) is 1.16. The van der Waals surface area contributed by atoms with E-state index in [9.17, 15) is 4.79 Å². The van der Waals surface area contributed by atoms with Gasteiger partial charge in [-0.1, -0.05) is 5.92 Å². The molecule has 0 fully saturated rings. The number of hydrogen-bond acceptors (Lipinski definition) is 4. The third-order valence-corrected chi connectivity index (χ3v) is 3.48. The molecule has 5 heteroatoms. The van der Waals surface area contributed by atoms with Crippen LogP contribution >= 0.6 is 11.3 Å². The van der Waals surface area contributed by atoms with Gasteiger partial charge in [0.25, 0.3) is 0 Å². The molecule has 0 aliphatic carbocycles. The van der Waals surface area contributed by atoms with Crippen molar-refractivity contribution in [1.29, 1.82) is 0 Å². The Kier molecular flexibility index (Phi) is 5.13. The summed E-state index contributed by atoms with van der Waals surface area (Å²) in [5, 5.41) is 6.78. The lowest BCUT2D eigenvalue weighted by atomic mass is 10.2. The highest BCUT2D eigenvalue weighted by molar-refractivity contribution is 7.11. The molecule has 1 unspecified atom stereocenters. The first-order valence-corrected chi connectivity index (χ1v) is 6.23. The highest BCUT2D eigenvalue weighted by Gasteiger charge is 2.14. The maximum absolute atomic E-state index is 11.6. The molecule has 0 saturated heterocycles. The Morgan fingerprint density at radius 3 is 2.82 bits per heavy atom. The van der Waals surface area contributed by atoms with Crippen LogP contribution in [0.15, 0.2) is 0 Å². The minimum Gasteiger partial charge on any atom is -0.348 e. The van der Waals surface area contributed by atoms with Crippen LogP contribution in [-0.4, -0.2) is 24.0 Å². The first-order chi connectivity index (χ1) is 8.04. The smallest absolute Gasteiger partial charge is 0.234 e. The second-order valence-corrected chi connectivity index (χ2v) is 5.01. The van der Waals surface area contributed by atoms with E-state index in [0.717, 1.165) is 15.6 Å². The Hall–Kier alpha value is -1.38. The summed E-state index contributed by atoms with van der Waals surface area (Å²) in [7, 11) is 0. The number of aromatic nitrogens is 1. The van der Waals surface area contributed by atoms with Gasteiger partial charge < -0.3 is 5.32 Å². The van der Waals surface area contributed by atoms with Crippen molar-refractivity contribution in [2.75, 3.05) is 13.1 Å². The van der Waals surface area contributed by atoms with Gasteiger partial charge in [0.05, 0.1) is 29.8 Å². The molecule has 92 valence electrons. The third kappa shape index (κ3) is 4.17. The van der Waals surface area contributed by atoms with Gasteiger partial charge in [-0.3, -0.25) is 10.1 Å². The molecule has 0 aromatic carbocycles. The van der Waals surface area contributed by atoms with E-state index in [1.54, 1.807) is 11.3 Å². The first-order valence-electron chi connectivity index (χ1n) is 5.42. The van der Waals surface area contributed by atoms with Gasteiger partial charge in [-0.15, -0.1) is 17.8 Å². The Morgan fingerprint density at radius 2 is 2.29 bits per heavy atom. The Morgan fingerprint density at radius 1 is 1.59 bits per heavy atom. The number of carbonyl (C=O) groups is 1. The van der Waals surface area contributed by atoms with E-state index in [0.29, 0.717) is 6.54 Å². The molecular weight excluding hydrogens is 234 g/mol. The van der Waals surface area contributed by atoms with E-state index in [1.165, 1.54) is 0 Å². The largest absolute Gasteiger partial charge is 0.348 e. The summed E-state index contributed by atoms with van der Waals surface area (Å²) in [4.78, 5) is 17.0. The van der Waals surface area contributed by atoms with Crippen LogP contribution in [0.1, 0.15) is 28.5 Å². The molecule has 0 bridgehead atoms. The zero-order chi connectivity index (χ0) is 12.8. The van der Waals surface area contributed by atoms with E-state index < -0.39 is 0 Å². The van der Waals surface area contributed by atoms with Crippen molar-refractivity contribution in [3.63, 3.8) is 0 Å². The van der Waals surface area contributed by atoms with Gasteiger partial charge >= 0.3 is 0 Å². The van der Waals surface area contributed by atoms with Gasteiger partial charge in [-0.25, -0.2) is 4.98 Å². The summed E-state index contributed by atoms with van der Waals surface area (Å²) < 4.78 is 0. The van der Waals surface area contributed by atoms with Crippen molar-refractivity contribution in [2.24, 2.45) is 0 Å². The molecule has 0 aliphatic rings. The Bertz CT molecular complexity index is 433. The molecular formula is C12H17N3OS. The van der Waals surface area contributed by atoms with Crippen LogP contribution in [0.3, 0.4) is 0 Å². The van der Waals surface area contributed by atoms with Crippen LogP contribution in [0, 0.1) is 26.2 Å². The number of nitrogens with zero attached hydrogens (tertiary/aromatic N) is 1. The number of rotatable bonds is 5. The van der Waals surface area contributed by atoms with E-state index in [-0.39, 0.29) is 18.5 Å². The van der Waals surface area contributed by atoms with Crippen molar-refractivity contribution in [2.45, 2.75) is 26.8 Å². The fourth-order valence-corrected chi connectivity index (χ4v) is 2.48. The summed E-state index contributed by atoms with van der Waals surface area (Å²) in [5.41, 5.74) is 0.983. The molecule has 17 heavy (non-hydrogen) atoms. The number of nitrogens with one attached hydrogen (secondary N) is 2. The highest BCUT2D eigenvalue weighted by atomic mass is 32.1. The fraction of sp³-hybridized carbons (Fsp3) is 0.500. The maximum Gasteiger partial charge on any atom is 0.234 e. The molecule has 0 saturated carbocycles. The molecule has 1 aromatic rings. The highest BCUT2D eigenvalue weighted by Crippen LogP contribution is 2.24. The van der Waals surface area contributed by atoms with Crippen molar-refractivity contribution >= 4 is 17.2 Å². The standard InChI is InChI=1S/C12H17N3OS/c1-5-6-13-7-11(16)15-9(3)12-8(2)14-10(4)17-12/h1,9,13H,6-7H2,2-4H3,(H,15,16). The second-order valence-electron chi connectivity index (χ2n) is 3.78. The molecule has 4 nitrogen and oxygen atoms in total. The van der Waals surface area contributed by atoms with Crippen LogP contribution in [0.2, 0.25) is 0 Å². The lowest BCUT2D eigenvalue weighted by molar-refractivity contribution is -0.120. The number of thiazole rings is 1. The molecule has 1 amide bonds. The zero-order valence-corrected chi connectivity index (χ0v) is 11.1. The van der Waals surface area contributed by atoms with Gasteiger partial charge in [-0.05, 0) is 20.8 Å². The van der Waals surface area contributed by atoms with Gasteiger partial charge in [0.15, 0.2) is 0 Å². The molecule has 0 aliphatic heterocycles. The van der Waals surface area contributed by atoms with E-state index >= 15 is 0 Å². The molecule has 2 N–H and O–H groups in total. The van der Waals surface area contributed by atoms with E-state index in [1.807, 2.05) is 20.8 Å². The van der Waals surface area contributed by atoms with Crippen LogP contribution in [0.4, 0.5) is 0 Å². The number of terminal acetylenes is 1. The summed E-state index contributed by atoms with van der Waals surface area (Å²) in [5.74, 6) is 2.36. The number of carbonyl (C=O) groups excluding carboxylic acids is 1. The number of amides is 1. The van der Waals surface area contributed by atoms with Crippen LogP contribution < -0.4 is 10.6 Å².